The first-order valence-electron chi connectivity index (χ1n) is 6.57. The monoisotopic (exact) mass is 258 g/mol. The number of carbonyl (C=O) groups is 2. The molecule has 4 atom stereocenters. The predicted molar refractivity (Wildman–Crippen MR) is 66.1 cm³/mol. The highest BCUT2D eigenvalue weighted by atomic mass is 16.5. The number of allylic oxidation sites excluding steroid dienone is 2. The van der Waals surface area contributed by atoms with Crippen LogP contribution in [-0.4, -0.2) is 17.0 Å². The number of amides is 2. The van der Waals surface area contributed by atoms with E-state index in [2.05, 4.69) is 18.2 Å². The lowest BCUT2D eigenvalue weighted by Gasteiger charge is -2.18. The highest BCUT2D eigenvalue weighted by molar-refractivity contribution is 6.22. The van der Waals surface area contributed by atoms with Gasteiger partial charge in [-0.25, -0.2) is 4.90 Å². The number of hydrogen-bond acceptors (Lipinski definition) is 4. The van der Waals surface area contributed by atoms with Crippen LogP contribution in [-0.2, 0) is 9.59 Å². The summed E-state index contributed by atoms with van der Waals surface area (Å²) < 4.78 is 4.98. The Labute approximate surface area is 110 Å². The van der Waals surface area contributed by atoms with Crippen molar-refractivity contribution in [1.82, 2.24) is 5.16 Å². The fourth-order valence-corrected chi connectivity index (χ4v) is 3.96. The van der Waals surface area contributed by atoms with Gasteiger partial charge < -0.3 is 4.52 Å². The van der Waals surface area contributed by atoms with Gasteiger partial charge in [0, 0.05) is 6.07 Å². The first-order valence-corrected chi connectivity index (χ1v) is 6.57. The average Bonchev–Trinajstić information content (AvgIpc) is 3.05. The van der Waals surface area contributed by atoms with Crippen LogP contribution in [0.1, 0.15) is 19.1 Å². The topological polar surface area (TPSA) is 63.4 Å². The molecule has 2 aliphatic carbocycles. The van der Waals surface area contributed by atoms with E-state index in [0.29, 0.717) is 11.6 Å². The number of nitrogens with zero attached hydrogens (tertiary/aromatic N) is 2. The number of fused-ring (bicyclic) bond motifs is 5. The van der Waals surface area contributed by atoms with Crippen LogP contribution in [0.2, 0.25) is 0 Å². The van der Waals surface area contributed by atoms with Gasteiger partial charge in [-0.15, -0.1) is 0 Å². The maximum absolute atomic E-state index is 12.5. The minimum Gasteiger partial charge on any atom is -0.360 e. The van der Waals surface area contributed by atoms with Gasteiger partial charge in [0.2, 0.25) is 11.8 Å². The summed E-state index contributed by atoms with van der Waals surface area (Å²) in [7, 11) is 0. The fraction of sp³-hybridized carbons (Fsp3) is 0.500. The Bertz CT molecular complexity index is 630. The van der Waals surface area contributed by atoms with Crippen LogP contribution in [0, 0.1) is 30.6 Å². The number of rotatable bonds is 1. The largest absolute Gasteiger partial charge is 0.360 e. The summed E-state index contributed by atoms with van der Waals surface area (Å²) in [6.07, 6.45) is 3.11. The van der Waals surface area contributed by atoms with Crippen molar-refractivity contribution >= 4 is 17.6 Å². The molecule has 98 valence electrons. The average molecular weight is 258 g/mol. The highest BCUT2D eigenvalue weighted by Crippen LogP contribution is 2.55. The quantitative estimate of drug-likeness (QED) is 0.568. The summed E-state index contributed by atoms with van der Waals surface area (Å²) in [5.41, 5.74) is 1.26. The molecule has 5 nitrogen and oxygen atoms in total. The van der Waals surface area contributed by atoms with Gasteiger partial charge >= 0.3 is 0 Å². The van der Waals surface area contributed by atoms with Crippen LogP contribution in [0.3, 0.4) is 0 Å². The molecule has 1 aliphatic heterocycles. The van der Waals surface area contributed by atoms with E-state index in [0.717, 1.165) is 6.42 Å². The number of anilines is 1. The highest BCUT2D eigenvalue weighted by Gasteiger charge is 2.61. The van der Waals surface area contributed by atoms with Gasteiger partial charge in [0.1, 0.15) is 5.76 Å². The van der Waals surface area contributed by atoms with Gasteiger partial charge in [-0.2, -0.15) is 0 Å². The molecule has 0 spiro atoms. The van der Waals surface area contributed by atoms with E-state index < -0.39 is 0 Å². The minimum absolute atomic E-state index is 0.108. The van der Waals surface area contributed by atoms with E-state index in [-0.39, 0.29) is 35.5 Å². The lowest BCUT2D eigenvalue weighted by molar-refractivity contribution is -0.123. The van der Waals surface area contributed by atoms with Crippen LogP contribution >= 0.6 is 0 Å². The Kier molecular flexibility index (Phi) is 1.93. The summed E-state index contributed by atoms with van der Waals surface area (Å²) >= 11 is 0. The molecule has 0 N–H and O–H groups in total. The zero-order valence-electron chi connectivity index (χ0n) is 10.8. The zero-order valence-corrected chi connectivity index (χ0v) is 10.8. The maximum atomic E-state index is 12.5. The molecule has 0 unspecified atom stereocenters. The van der Waals surface area contributed by atoms with Crippen LogP contribution in [0.25, 0.3) is 0 Å². The lowest BCUT2D eigenvalue weighted by Crippen LogP contribution is -2.33. The summed E-state index contributed by atoms with van der Waals surface area (Å²) in [6, 6.07) is 1.64. The maximum Gasteiger partial charge on any atom is 0.239 e. The fourth-order valence-electron chi connectivity index (χ4n) is 3.96. The SMILES string of the molecule is CC1=C[C@@H]2C[C@@H]1[C@H]1C(=O)N(c3cc(C)on3)C(=O)[C@H]12. The number of aromatic nitrogens is 1. The first-order chi connectivity index (χ1) is 9.08. The molecular formula is C14H14N2O3. The third kappa shape index (κ3) is 1.22. The number of carbonyl (C=O) groups excluding carboxylic acids is 2. The van der Waals surface area contributed by atoms with E-state index in [9.17, 15) is 9.59 Å². The molecule has 0 aromatic carbocycles. The molecule has 2 fully saturated rings. The van der Waals surface area contributed by atoms with Gasteiger partial charge in [0.05, 0.1) is 11.8 Å². The Hall–Kier alpha value is -1.91. The molecule has 3 aliphatic rings. The molecular weight excluding hydrogens is 244 g/mol. The molecule has 2 heterocycles. The second-order valence-corrected chi connectivity index (χ2v) is 5.78. The lowest BCUT2D eigenvalue weighted by atomic mass is 9.82. The third-order valence-corrected chi connectivity index (χ3v) is 4.73. The predicted octanol–water partition coefficient (Wildman–Crippen LogP) is 1.68. The van der Waals surface area contributed by atoms with Gasteiger partial charge in [-0.3, -0.25) is 9.59 Å². The van der Waals surface area contributed by atoms with Crippen molar-refractivity contribution in [2.45, 2.75) is 20.3 Å². The number of aryl methyl sites for hydroxylation is 1. The van der Waals surface area contributed by atoms with Crippen molar-refractivity contribution in [2.24, 2.45) is 23.7 Å². The van der Waals surface area contributed by atoms with Gasteiger partial charge in [0.25, 0.3) is 0 Å². The molecule has 1 saturated carbocycles. The molecule has 1 aromatic rings. The van der Waals surface area contributed by atoms with E-state index in [1.54, 1.807) is 13.0 Å². The van der Waals surface area contributed by atoms with Crippen molar-refractivity contribution in [1.29, 1.82) is 0 Å². The Morgan fingerprint density at radius 1 is 1.26 bits per heavy atom. The van der Waals surface area contributed by atoms with Gasteiger partial charge in [0.15, 0.2) is 5.82 Å². The minimum atomic E-state index is -0.182. The smallest absolute Gasteiger partial charge is 0.239 e. The first kappa shape index (κ1) is 11.0. The van der Waals surface area contributed by atoms with Crippen molar-refractivity contribution in [2.75, 3.05) is 4.90 Å². The van der Waals surface area contributed by atoms with Crippen LogP contribution in [0.4, 0.5) is 5.82 Å². The van der Waals surface area contributed by atoms with Crippen molar-refractivity contribution in [3.05, 3.63) is 23.5 Å². The summed E-state index contributed by atoms with van der Waals surface area (Å²) in [4.78, 5) is 26.3. The normalized spacial score (nSPS) is 36.1. The Balaban J connectivity index is 1.76. The van der Waals surface area contributed by atoms with Crippen molar-refractivity contribution in [3.8, 4) is 0 Å². The second-order valence-electron chi connectivity index (χ2n) is 5.78. The zero-order chi connectivity index (χ0) is 13.3. The number of imide groups is 1. The van der Waals surface area contributed by atoms with Crippen LogP contribution in [0.5, 0.6) is 0 Å². The summed E-state index contributed by atoms with van der Waals surface area (Å²) in [5, 5.41) is 3.81. The molecule has 1 aromatic heterocycles. The second kappa shape index (κ2) is 3.35. The van der Waals surface area contributed by atoms with Crippen molar-refractivity contribution in [3.63, 3.8) is 0 Å². The molecule has 0 radical (unpaired) electrons. The van der Waals surface area contributed by atoms with E-state index >= 15 is 0 Å². The number of hydrogen-bond donors (Lipinski definition) is 0. The Morgan fingerprint density at radius 2 is 2.00 bits per heavy atom. The third-order valence-electron chi connectivity index (χ3n) is 4.73. The van der Waals surface area contributed by atoms with E-state index in [1.165, 1.54) is 10.5 Å². The van der Waals surface area contributed by atoms with Gasteiger partial charge in [-0.05, 0) is 32.1 Å². The molecule has 2 amide bonds. The van der Waals surface area contributed by atoms with Gasteiger partial charge in [-0.1, -0.05) is 16.8 Å². The molecule has 19 heavy (non-hydrogen) atoms. The Morgan fingerprint density at radius 3 is 2.68 bits per heavy atom. The van der Waals surface area contributed by atoms with E-state index in [1.807, 2.05) is 0 Å². The van der Waals surface area contributed by atoms with Crippen molar-refractivity contribution < 1.29 is 14.1 Å². The molecule has 1 saturated heterocycles. The molecule has 4 rings (SSSR count). The molecule has 5 heteroatoms. The van der Waals surface area contributed by atoms with Crippen LogP contribution < -0.4 is 4.90 Å². The standard InChI is InChI=1S/C14H14N2O3/c1-6-3-8-5-9(6)12-11(8)13(17)16(14(12)18)10-4-7(2)19-15-10/h3-4,8-9,11-12H,5H2,1-2H3/t8-,9+,11+,12-/m1/s1. The summed E-state index contributed by atoms with van der Waals surface area (Å²) in [6.45, 7) is 3.80. The molecule has 2 bridgehead atoms. The summed E-state index contributed by atoms with van der Waals surface area (Å²) in [5.74, 6) is 0.818. The van der Waals surface area contributed by atoms with Crippen LogP contribution in [0.15, 0.2) is 22.2 Å². The van der Waals surface area contributed by atoms with E-state index in [4.69, 9.17) is 4.52 Å².